The molecule has 1 aromatic heterocycles. The molecule has 1 atom stereocenters. The van der Waals surface area contributed by atoms with Gasteiger partial charge < -0.3 is 14.8 Å². The molecule has 5 nitrogen and oxygen atoms in total. The van der Waals surface area contributed by atoms with Crippen LogP contribution in [-0.4, -0.2) is 23.0 Å². The van der Waals surface area contributed by atoms with Crippen molar-refractivity contribution in [3.05, 3.63) is 118 Å². The molecule has 2 N–H and O–H groups in total. The Morgan fingerprint density at radius 2 is 1.58 bits per heavy atom. The van der Waals surface area contributed by atoms with Gasteiger partial charge in [-0.25, -0.2) is 9.18 Å². The van der Waals surface area contributed by atoms with Crippen molar-refractivity contribution < 1.29 is 23.5 Å². The second-order valence-electron chi connectivity index (χ2n) is 8.70. The lowest BCUT2D eigenvalue weighted by Crippen LogP contribution is -2.42. The first-order valence-electron chi connectivity index (χ1n) is 11.5. The Balaban J connectivity index is 1.43. The monoisotopic (exact) mass is 483 g/mol. The largest absolute Gasteiger partial charge is 0.480 e. The van der Waals surface area contributed by atoms with E-state index in [0.717, 1.165) is 22.3 Å². The van der Waals surface area contributed by atoms with Crippen molar-refractivity contribution in [2.24, 2.45) is 0 Å². The lowest BCUT2D eigenvalue weighted by atomic mass is 10.0. The van der Waals surface area contributed by atoms with Crippen molar-refractivity contribution in [1.29, 1.82) is 0 Å². The smallest absolute Gasteiger partial charge is 0.326 e. The van der Waals surface area contributed by atoms with E-state index in [9.17, 15) is 19.1 Å². The second kappa shape index (κ2) is 10.9. The van der Waals surface area contributed by atoms with Crippen molar-refractivity contribution >= 4 is 24.0 Å². The van der Waals surface area contributed by atoms with Crippen LogP contribution in [-0.2, 0) is 11.2 Å². The minimum Gasteiger partial charge on any atom is -0.480 e. The minimum absolute atomic E-state index is 0.000374. The normalized spacial score (nSPS) is 12.0. The number of hydrogen-bond acceptors (Lipinski definition) is 3. The first kappa shape index (κ1) is 24.7. The van der Waals surface area contributed by atoms with Gasteiger partial charge in [-0.3, -0.25) is 4.79 Å². The summed E-state index contributed by atoms with van der Waals surface area (Å²) in [5, 5.41) is 12.1. The van der Waals surface area contributed by atoms with Crippen LogP contribution in [0.25, 0.3) is 23.5 Å². The third-order valence-electron chi connectivity index (χ3n) is 5.81. The summed E-state index contributed by atoms with van der Waals surface area (Å²) < 4.78 is 20.3. The molecule has 1 amide bonds. The SMILES string of the molecule is Cc1ccc(/C=C/c2ccc(C[C@@H](NC(=O)c3ccc(-c4ccc(C)cc4)o3)C(=O)O)cc2F)cc1. The quantitative estimate of drug-likeness (QED) is 0.288. The third-order valence-corrected chi connectivity index (χ3v) is 5.81. The van der Waals surface area contributed by atoms with Crippen LogP contribution in [0.5, 0.6) is 0 Å². The standard InChI is InChI=1S/C30H26FNO4/c1-19-3-7-21(8-4-19)9-13-23-14-10-22(17-25(23)31)18-26(30(34)35)32-29(33)28-16-15-27(36-28)24-11-5-20(2)6-12-24/h3-17,26H,18H2,1-2H3,(H,32,33)(H,34,35)/b13-9+/t26-/m1/s1. The molecule has 0 saturated carbocycles. The van der Waals surface area contributed by atoms with E-state index in [-0.39, 0.29) is 12.2 Å². The molecule has 1 heterocycles. The number of aryl methyl sites for hydroxylation is 2. The first-order chi connectivity index (χ1) is 17.3. The number of hydrogen-bond donors (Lipinski definition) is 2. The van der Waals surface area contributed by atoms with Gasteiger partial charge in [0.15, 0.2) is 5.76 Å². The van der Waals surface area contributed by atoms with Gasteiger partial charge in [0.1, 0.15) is 17.6 Å². The molecule has 0 spiro atoms. The molecular weight excluding hydrogens is 457 g/mol. The van der Waals surface area contributed by atoms with E-state index in [2.05, 4.69) is 5.32 Å². The van der Waals surface area contributed by atoms with E-state index in [1.165, 1.54) is 12.1 Å². The van der Waals surface area contributed by atoms with E-state index in [1.807, 2.05) is 68.5 Å². The molecule has 4 aromatic rings. The highest BCUT2D eigenvalue weighted by Gasteiger charge is 2.23. The molecule has 4 rings (SSSR count). The predicted molar refractivity (Wildman–Crippen MR) is 138 cm³/mol. The van der Waals surface area contributed by atoms with Gasteiger partial charge in [-0.05, 0) is 43.2 Å². The fourth-order valence-electron chi connectivity index (χ4n) is 3.69. The van der Waals surface area contributed by atoms with Crippen LogP contribution in [0.4, 0.5) is 4.39 Å². The molecule has 0 unspecified atom stereocenters. The van der Waals surface area contributed by atoms with E-state index < -0.39 is 23.7 Å². The third kappa shape index (κ3) is 6.16. The highest BCUT2D eigenvalue weighted by molar-refractivity contribution is 5.94. The Morgan fingerprint density at radius 1 is 0.917 bits per heavy atom. The number of carbonyl (C=O) groups excluding carboxylic acids is 1. The summed E-state index contributed by atoms with van der Waals surface area (Å²) in [6.07, 6.45) is 3.40. The summed E-state index contributed by atoms with van der Waals surface area (Å²) in [6.45, 7) is 3.97. The molecule has 0 bridgehead atoms. The zero-order valence-electron chi connectivity index (χ0n) is 20.0. The lowest BCUT2D eigenvalue weighted by molar-refractivity contribution is -0.139. The zero-order chi connectivity index (χ0) is 25.7. The summed E-state index contributed by atoms with van der Waals surface area (Å²) in [5.74, 6) is -1.85. The number of carboxylic acids is 1. The molecule has 3 aromatic carbocycles. The summed E-state index contributed by atoms with van der Waals surface area (Å²) in [5.41, 5.74) is 4.82. The van der Waals surface area contributed by atoms with Crippen molar-refractivity contribution in [2.45, 2.75) is 26.3 Å². The van der Waals surface area contributed by atoms with Gasteiger partial charge in [0, 0.05) is 17.5 Å². The molecule has 0 aliphatic carbocycles. The van der Waals surface area contributed by atoms with Crippen molar-refractivity contribution in [1.82, 2.24) is 5.32 Å². The number of carboxylic acid groups (broad SMARTS) is 1. The Bertz CT molecular complexity index is 1400. The number of rotatable bonds is 8. The van der Waals surface area contributed by atoms with E-state index in [1.54, 1.807) is 24.3 Å². The van der Waals surface area contributed by atoms with Crippen LogP contribution in [0.1, 0.15) is 38.4 Å². The van der Waals surface area contributed by atoms with E-state index in [4.69, 9.17) is 4.42 Å². The number of furan rings is 1. The molecule has 36 heavy (non-hydrogen) atoms. The van der Waals surface area contributed by atoms with Gasteiger partial charge >= 0.3 is 5.97 Å². The maximum absolute atomic E-state index is 14.7. The zero-order valence-corrected chi connectivity index (χ0v) is 20.0. The van der Waals surface area contributed by atoms with Crippen LogP contribution in [0.15, 0.2) is 83.3 Å². The molecule has 0 aliphatic rings. The van der Waals surface area contributed by atoms with E-state index >= 15 is 0 Å². The topological polar surface area (TPSA) is 79.5 Å². The van der Waals surface area contributed by atoms with Crippen molar-refractivity contribution in [2.75, 3.05) is 0 Å². The molecule has 6 heteroatoms. The van der Waals surface area contributed by atoms with E-state index in [0.29, 0.717) is 16.9 Å². The van der Waals surface area contributed by atoms with Crippen LogP contribution >= 0.6 is 0 Å². The predicted octanol–water partition coefficient (Wildman–Crippen LogP) is 6.30. The van der Waals surface area contributed by atoms with Crippen LogP contribution in [0.3, 0.4) is 0 Å². The van der Waals surface area contributed by atoms with Gasteiger partial charge in [0.05, 0.1) is 0 Å². The summed E-state index contributed by atoms with van der Waals surface area (Å²) in [4.78, 5) is 24.5. The number of benzene rings is 3. The van der Waals surface area contributed by atoms with Gasteiger partial charge in [0.25, 0.3) is 5.91 Å². The number of halogens is 1. The fourth-order valence-corrected chi connectivity index (χ4v) is 3.69. The van der Waals surface area contributed by atoms with Gasteiger partial charge in [-0.1, -0.05) is 83.9 Å². The lowest BCUT2D eigenvalue weighted by Gasteiger charge is -2.14. The highest BCUT2D eigenvalue weighted by atomic mass is 19.1. The fraction of sp³-hybridized carbons (Fsp3) is 0.133. The van der Waals surface area contributed by atoms with Crippen molar-refractivity contribution in [3.63, 3.8) is 0 Å². The van der Waals surface area contributed by atoms with Gasteiger partial charge in [-0.15, -0.1) is 0 Å². The number of nitrogens with one attached hydrogen (secondary N) is 1. The molecule has 0 aliphatic heterocycles. The Hall–Kier alpha value is -4.45. The van der Waals surface area contributed by atoms with Gasteiger partial charge in [0.2, 0.25) is 0 Å². The molecular formula is C30H26FNO4. The average molecular weight is 484 g/mol. The van der Waals surface area contributed by atoms with Crippen LogP contribution < -0.4 is 5.32 Å². The second-order valence-corrected chi connectivity index (χ2v) is 8.70. The number of aliphatic carboxylic acids is 1. The Labute approximate surface area is 208 Å². The highest BCUT2D eigenvalue weighted by Crippen LogP contribution is 2.23. The summed E-state index contributed by atoms with van der Waals surface area (Å²) >= 11 is 0. The number of amides is 1. The van der Waals surface area contributed by atoms with Crippen molar-refractivity contribution in [3.8, 4) is 11.3 Å². The average Bonchev–Trinajstić information content (AvgIpc) is 3.35. The molecule has 0 fully saturated rings. The Kier molecular flexibility index (Phi) is 7.44. The molecule has 182 valence electrons. The maximum Gasteiger partial charge on any atom is 0.326 e. The van der Waals surface area contributed by atoms with Gasteiger partial charge in [-0.2, -0.15) is 0 Å². The van der Waals surface area contributed by atoms with Crippen LogP contribution in [0.2, 0.25) is 0 Å². The van der Waals surface area contributed by atoms with Crippen LogP contribution in [0, 0.1) is 19.7 Å². The summed E-state index contributed by atoms with van der Waals surface area (Å²) in [7, 11) is 0. The first-order valence-corrected chi connectivity index (χ1v) is 11.5. The Morgan fingerprint density at radius 3 is 2.22 bits per heavy atom. The summed E-state index contributed by atoms with van der Waals surface area (Å²) in [6, 6.07) is 21.9. The molecule has 0 saturated heterocycles. The maximum atomic E-state index is 14.7. The number of carbonyl (C=O) groups is 2. The molecule has 0 radical (unpaired) electrons. The minimum atomic E-state index is -1.25.